The number of benzene rings is 1. The van der Waals surface area contributed by atoms with E-state index in [1.54, 1.807) is 11.3 Å². The van der Waals surface area contributed by atoms with E-state index in [0.717, 1.165) is 19.9 Å². The second-order valence-corrected chi connectivity index (χ2v) is 6.62. The van der Waals surface area contributed by atoms with Crippen molar-refractivity contribution >= 4 is 50.5 Å². The highest BCUT2D eigenvalue weighted by atomic mass is 79.9. The summed E-state index contributed by atoms with van der Waals surface area (Å²) in [5.74, 6) is -0.217. The van der Waals surface area contributed by atoms with Gasteiger partial charge in [0.05, 0.1) is 18.6 Å². The molecule has 1 aromatic heterocycles. The summed E-state index contributed by atoms with van der Waals surface area (Å²) in [6.07, 6.45) is 0.325. The molecular formula is C14H13BrClNO2S. The van der Waals surface area contributed by atoms with Crippen molar-refractivity contribution in [2.45, 2.75) is 13.0 Å². The van der Waals surface area contributed by atoms with Crippen LogP contribution >= 0.6 is 38.9 Å². The Morgan fingerprint density at radius 2 is 2.10 bits per heavy atom. The summed E-state index contributed by atoms with van der Waals surface area (Å²) in [5, 5.41) is 3.97. The van der Waals surface area contributed by atoms with Gasteiger partial charge in [0.15, 0.2) is 0 Å². The average molecular weight is 375 g/mol. The summed E-state index contributed by atoms with van der Waals surface area (Å²) in [6.45, 7) is 0.698. The van der Waals surface area contributed by atoms with E-state index in [-0.39, 0.29) is 5.97 Å². The first-order chi connectivity index (χ1) is 9.58. The van der Waals surface area contributed by atoms with E-state index >= 15 is 0 Å². The molecule has 1 heterocycles. The monoisotopic (exact) mass is 373 g/mol. The summed E-state index contributed by atoms with van der Waals surface area (Å²) in [4.78, 5) is 13.3. The van der Waals surface area contributed by atoms with Crippen LogP contribution in [0.15, 0.2) is 34.8 Å². The van der Waals surface area contributed by atoms with Gasteiger partial charge in [-0.15, -0.1) is 11.3 Å². The molecule has 20 heavy (non-hydrogen) atoms. The van der Waals surface area contributed by atoms with E-state index in [1.165, 1.54) is 7.11 Å². The second-order valence-electron chi connectivity index (χ2n) is 4.10. The summed E-state index contributed by atoms with van der Waals surface area (Å²) in [7, 11) is 1.40. The molecule has 3 nitrogen and oxygen atoms in total. The van der Waals surface area contributed by atoms with Crippen LogP contribution in [0.4, 0.5) is 5.69 Å². The van der Waals surface area contributed by atoms with Crippen molar-refractivity contribution in [1.29, 1.82) is 0 Å². The lowest BCUT2D eigenvalue weighted by Crippen LogP contribution is -2.02. The molecule has 6 heteroatoms. The first-order valence-electron chi connectivity index (χ1n) is 5.92. The number of thiophene rings is 1. The number of ether oxygens (including phenoxy) is 1. The predicted molar refractivity (Wildman–Crippen MR) is 86.5 cm³/mol. The number of halogens is 2. The molecular weight excluding hydrogens is 362 g/mol. The quantitative estimate of drug-likeness (QED) is 0.784. The molecule has 0 aliphatic carbocycles. The summed E-state index contributed by atoms with van der Waals surface area (Å²) in [5.41, 5.74) is 0.959. The Hall–Kier alpha value is -1.04. The van der Waals surface area contributed by atoms with Crippen molar-refractivity contribution in [2.75, 3.05) is 12.4 Å². The molecule has 0 spiro atoms. The zero-order valence-electron chi connectivity index (χ0n) is 10.8. The van der Waals surface area contributed by atoms with Gasteiger partial charge in [-0.05, 0) is 46.3 Å². The first kappa shape index (κ1) is 15.4. The van der Waals surface area contributed by atoms with Gasteiger partial charge in [0.2, 0.25) is 0 Å². The number of anilines is 1. The third-order valence-corrected chi connectivity index (χ3v) is 4.97. The van der Waals surface area contributed by atoms with Crippen molar-refractivity contribution < 1.29 is 9.53 Å². The number of esters is 1. The van der Waals surface area contributed by atoms with Crippen molar-refractivity contribution in [3.63, 3.8) is 0 Å². The molecule has 0 saturated heterocycles. The van der Waals surface area contributed by atoms with E-state index in [0.29, 0.717) is 18.0 Å². The number of carbonyl (C=O) groups is 1. The van der Waals surface area contributed by atoms with Gasteiger partial charge >= 0.3 is 5.97 Å². The molecule has 0 fully saturated rings. The van der Waals surface area contributed by atoms with Crippen molar-refractivity contribution in [1.82, 2.24) is 0 Å². The van der Waals surface area contributed by atoms with Crippen LogP contribution in [0, 0.1) is 0 Å². The smallest absolute Gasteiger partial charge is 0.310 e. The number of hydrogen-bond acceptors (Lipinski definition) is 4. The third-order valence-electron chi connectivity index (χ3n) is 2.65. The fraction of sp³-hybridized carbons (Fsp3) is 0.214. The van der Waals surface area contributed by atoms with Crippen LogP contribution in [0.5, 0.6) is 0 Å². The molecule has 2 rings (SSSR count). The number of hydrogen-bond donors (Lipinski definition) is 1. The average Bonchev–Trinajstić information content (AvgIpc) is 2.87. The largest absolute Gasteiger partial charge is 0.469 e. The van der Waals surface area contributed by atoms with Crippen LogP contribution in [0.2, 0.25) is 5.02 Å². The predicted octanol–water partition coefficient (Wildman–Crippen LogP) is 4.49. The third kappa shape index (κ3) is 4.23. The van der Waals surface area contributed by atoms with Crippen LogP contribution in [0.25, 0.3) is 0 Å². The van der Waals surface area contributed by atoms with Gasteiger partial charge in [0, 0.05) is 26.5 Å². The highest BCUT2D eigenvalue weighted by Crippen LogP contribution is 2.26. The lowest BCUT2D eigenvalue weighted by molar-refractivity contribution is -0.139. The highest BCUT2D eigenvalue weighted by Gasteiger charge is 2.06. The molecule has 0 aliphatic heterocycles. The first-order valence-corrected chi connectivity index (χ1v) is 7.90. The second kappa shape index (κ2) is 7.11. The van der Waals surface area contributed by atoms with Gasteiger partial charge in [-0.25, -0.2) is 0 Å². The SMILES string of the molecule is COC(=O)Cc1ccc(CNc2ccc(Br)c(Cl)c2)s1. The van der Waals surface area contributed by atoms with Crippen LogP contribution in [-0.4, -0.2) is 13.1 Å². The Kier molecular flexibility index (Phi) is 5.46. The Balaban J connectivity index is 1.93. The zero-order valence-corrected chi connectivity index (χ0v) is 13.9. The summed E-state index contributed by atoms with van der Waals surface area (Å²) >= 11 is 11.0. The van der Waals surface area contributed by atoms with Crippen molar-refractivity contribution in [3.05, 3.63) is 49.6 Å². The van der Waals surface area contributed by atoms with Crippen molar-refractivity contribution in [2.24, 2.45) is 0 Å². The minimum atomic E-state index is -0.217. The van der Waals surface area contributed by atoms with Gasteiger partial charge < -0.3 is 10.1 Å². The maximum Gasteiger partial charge on any atom is 0.310 e. The summed E-state index contributed by atoms with van der Waals surface area (Å²) < 4.78 is 5.53. The van der Waals surface area contributed by atoms with Crippen LogP contribution in [0.1, 0.15) is 9.75 Å². The Bertz CT molecular complexity index is 615. The van der Waals surface area contributed by atoms with E-state index in [1.807, 2.05) is 30.3 Å². The Morgan fingerprint density at radius 1 is 1.35 bits per heavy atom. The number of nitrogens with one attached hydrogen (secondary N) is 1. The molecule has 1 N–H and O–H groups in total. The molecule has 2 aromatic rings. The fourth-order valence-corrected chi connectivity index (χ4v) is 2.99. The molecule has 0 aliphatic rings. The Morgan fingerprint density at radius 3 is 2.80 bits per heavy atom. The molecule has 0 saturated carbocycles. The zero-order chi connectivity index (χ0) is 14.5. The van der Waals surface area contributed by atoms with Gasteiger partial charge in [-0.1, -0.05) is 11.6 Å². The van der Waals surface area contributed by atoms with Gasteiger partial charge in [0.25, 0.3) is 0 Å². The lowest BCUT2D eigenvalue weighted by Gasteiger charge is -2.06. The van der Waals surface area contributed by atoms with Crippen LogP contribution in [0.3, 0.4) is 0 Å². The lowest BCUT2D eigenvalue weighted by atomic mass is 10.3. The van der Waals surface area contributed by atoms with Gasteiger partial charge in [0.1, 0.15) is 0 Å². The van der Waals surface area contributed by atoms with Crippen LogP contribution < -0.4 is 5.32 Å². The number of rotatable bonds is 5. The van der Waals surface area contributed by atoms with E-state index < -0.39 is 0 Å². The minimum Gasteiger partial charge on any atom is -0.469 e. The van der Waals surface area contributed by atoms with Crippen LogP contribution in [-0.2, 0) is 22.5 Å². The molecule has 106 valence electrons. The van der Waals surface area contributed by atoms with Gasteiger partial charge in [-0.2, -0.15) is 0 Å². The standard InChI is InChI=1S/C14H13BrClNO2S/c1-19-14(18)7-10-3-4-11(20-10)8-17-9-2-5-12(15)13(16)6-9/h2-6,17H,7-8H2,1H3. The maximum atomic E-state index is 11.2. The normalized spacial score (nSPS) is 10.3. The molecule has 0 amide bonds. The molecule has 0 unspecified atom stereocenters. The van der Waals surface area contributed by atoms with E-state index in [2.05, 4.69) is 26.0 Å². The molecule has 0 atom stereocenters. The number of carbonyl (C=O) groups excluding carboxylic acids is 1. The van der Waals surface area contributed by atoms with E-state index in [9.17, 15) is 4.79 Å². The number of methoxy groups -OCH3 is 1. The van der Waals surface area contributed by atoms with Crippen molar-refractivity contribution in [3.8, 4) is 0 Å². The minimum absolute atomic E-state index is 0.217. The molecule has 1 aromatic carbocycles. The topological polar surface area (TPSA) is 38.3 Å². The summed E-state index contributed by atoms with van der Waals surface area (Å²) in [6, 6.07) is 9.69. The van der Waals surface area contributed by atoms with Gasteiger partial charge in [-0.3, -0.25) is 4.79 Å². The highest BCUT2D eigenvalue weighted by molar-refractivity contribution is 9.10. The van der Waals surface area contributed by atoms with E-state index in [4.69, 9.17) is 11.6 Å². The Labute approximate surface area is 135 Å². The maximum absolute atomic E-state index is 11.2. The fourth-order valence-electron chi connectivity index (χ4n) is 1.62. The molecule has 0 radical (unpaired) electrons. The molecule has 0 bridgehead atoms.